The summed E-state index contributed by atoms with van der Waals surface area (Å²) in [4.78, 5) is 0. The van der Waals surface area contributed by atoms with Crippen LogP contribution in [0.1, 0.15) is 30.8 Å². The molecule has 0 aliphatic heterocycles. The van der Waals surface area contributed by atoms with Crippen molar-refractivity contribution in [2.75, 3.05) is 0 Å². The molecule has 3 heteroatoms. The molecular formula is C14H15ClO2. The average Bonchev–Trinajstić information content (AvgIpc) is 2.81. The van der Waals surface area contributed by atoms with E-state index in [0.29, 0.717) is 12.2 Å². The van der Waals surface area contributed by atoms with Gasteiger partial charge in [-0.1, -0.05) is 30.7 Å². The Morgan fingerprint density at radius 3 is 2.71 bits per heavy atom. The Morgan fingerprint density at radius 1 is 1.29 bits per heavy atom. The molecule has 2 aromatic rings. The molecule has 0 fully saturated rings. The first-order valence-corrected chi connectivity index (χ1v) is 6.04. The molecule has 0 radical (unpaired) electrons. The van der Waals surface area contributed by atoms with E-state index in [1.54, 1.807) is 6.07 Å². The van der Waals surface area contributed by atoms with Gasteiger partial charge in [0, 0.05) is 10.6 Å². The highest BCUT2D eigenvalue weighted by atomic mass is 35.5. The molecule has 90 valence electrons. The molecule has 1 aromatic carbocycles. The van der Waals surface area contributed by atoms with E-state index in [-0.39, 0.29) is 0 Å². The third-order valence-electron chi connectivity index (χ3n) is 2.80. The van der Waals surface area contributed by atoms with Crippen molar-refractivity contribution in [1.29, 1.82) is 0 Å². The number of rotatable bonds is 3. The molecule has 2 rings (SSSR count). The Labute approximate surface area is 106 Å². The van der Waals surface area contributed by atoms with Crippen molar-refractivity contribution < 1.29 is 9.52 Å². The third kappa shape index (κ3) is 2.54. The topological polar surface area (TPSA) is 33.4 Å². The molecule has 0 amide bonds. The van der Waals surface area contributed by atoms with E-state index in [0.717, 1.165) is 21.9 Å². The number of furan rings is 1. The summed E-state index contributed by atoms with van der Waals surface area (Å²) in [6.07, 6.45) is 0.103. The van der Waals surface area contributed by atoms with Crippen LogP contribution in [0.4, 0.5) is 0 Å². The van der Waals surface area contributed by atoms with Crippen LogP contribution in [0, 0.1) is 6.92 Å². The summed E-state index contributed by atoms with van der Waals surface area (Å²) in [5.41, 5.74) is 1.96. The molecule has 0 aliphatic rings. The number of aryl methyl sites for hydroxylation is 1. The lowest BCUT2D eigenvalue weighted by atomic mass is 10.1. The number of aliphatic hydroxyl groups excluding tert-OH is 1. The van der Waals surface area contributed by atoms with Crippen LogP contribution in [0.2, 0.25) is 5.02 Å². The van der Waals surface area contributed by atoms with Gasteiger partial charge in [-0.25, -0.2) is 0 Å². The van der Waals surface area contributed by atoms with E-state index in [4.69, 9.17) is 16.0 Å². The fourth-order valence-corrected chi connectivity index (χ4v) is 1.81. The zero-order valence-corrected chi connectivity index (χ0v) is 10.7. The number of hydrogen-bond acceptors (Lipinski definition) is 2. The molecule has 0 bridgehead atoms. The minimum Gasteiger partial charge on any atom is -0.458 e. The maximum absolute atomic E-state index is 9.67. The van der Waals surface area contributed by atoms with Crippen molar-refractivity contribution in [1.82, 2.24) is 0 Å². The van der Waals surface area contributed by atoms with E-state index < -0.39 is 6.10 Å². The molecule has 0 saturated heterocycles. The number of benzene rings is 1. The fourth-order valence-electron chi connectivity index (χ4n) is 1.63. The van der Waals surface area contributed by atoms with Gasteiger partial charge in [0.25, 0.3) is 0 Å². The van der Waals surface area contributed by atoms with Crippen LogP contribution >= 0.6 is 11.6 Å². The Bertz CT molecular complexity index is 517. The van der Waals surface area contributed by atoms with Gasteiger partial charge in [0.05, 0.1) is 0 Å². The van der Waals surface area contributed by atoms with Gasteiger partial charge in [0.2, 0.25) is 0 Å². The normalized spacial score (nSPS) is 12.7. The van der Waals surface area contributed by atoms with Crippen LogP contribution in [0.5, 0.6) is 0 Å². The first-order chi connectivity index (χ1) is 8.11. The molecule has 1 N–H and O–H groups in total. The standard InChI is InChI=1S/C14H15ClO2/c1-3-12(16)14-7-6-13(17-14)10-5-4-9(2)11(15)8-10/h4-8,12,16H,3H2,1-2H3. The molecule has 1 atom stereocenters. The quantitative estimate of drug-likeness (QED) is 0.879. The lowest BCUT2D eigenvalue weighted by Gasteiger charge is -2.04. The average molecular weight is 251 g/mol. The van der Waals surface area contributed by atoms with Crippen molar-refractivity contribution in [3.05, 3.63) is 46.7 Å². The van der Waals surface area contributed by atoms with Gasteiger partial charge >= 0.3 is 0 Å². The van der Waals surface area contributed by atoms with E-state index in [2.05, 4.69) is 0 Å². The second-order valence-electron chi connectivity index (χ2n) is 4.09. The molecule has 2 nitrogen and oxygen atoms in total. The van der Waals surface area contributed by atoms with Crippen LogP contribution in [-0.2, 0) is 0 Å². The molecule has 17 heavy (non-hydrogen) atoms. The summed E-state index contributed by atoms with van der Waals surface area (Å²) >= 11 is 6.07. The second-order valence-corrected chi connectivity index (χ2v) is 4.50. The fraction of sp³-hybridized carbons (Fsp3) is 0.286. The smallest absolute Gasteiger partial charge is 0.134 e. The monoisotopic (exact) mass is 250 g/mol. The summed E-state index contributed by atoms with van der Waals surface area (Å²) in [6, 6.07) is 9.45. The van der Waals surface area contributed by atoms with Crippen molar-refractivity contribution in [2.45, 2.75) is 26.4 Å². The minimum atomic E-state index is -0.537. The lowest BCUT2D eigenvalue weighted by Crippen LogP contribution is -1.91. The van der Waals surface area contributed by atoms with E-state index >= 15 is 0 Å². The molecule has 0 spiro atoms. The van der Waals surface area contributed by atoms with E-state index in [9.17, 15) is 5.11 Å². The molecular weight excluding hydrogens is 236 g/mol. The van der Waals surface area contributed by atoms with Crippen LogP contribution in [0.25, 0.3) is 11.3 Å². The van der Waals surface area contributed by atoms with Gasteiger partial charge < -0.3 is 9.52 Å². The number of hydrogen-bond donors (Lipinski definition) is 1. The van der Waals surface area contributed by atoms with Crippen LogP contribution in [0.15, 0.2) is 34.7 Å². The largest absolute Gasteiger partial charge is 0.458 e. The molecule has 0 aliphatic carbocycles. The van der Waals surface area contributed by atoms with Crippen molar-refractivity contribution in [2.24, 2.45) is 0 Å². The molecule has 1 heterocycles. The summed E-state index contributed by atoms with van der Waals surface area (Å²) < 4.78 is 5.61. The highest BCUT2D eigenvalue weighted by Gasteiger charge is 2.11. The summed E-state index contributed by atoms with van der Waals surface area (Å²) in [6.45, 7) is 3.87. The first-order valence-electron chi connectivity index (χ1n) is 5.66. The number of aliphatic hydroxyl groups is 1. The zero-order valence-electron chi connectivity index (χ0n) is 9.90. The van der Waals surface area contributed by atoms with Crippen molar-refractivity contribution >= 4 is 11.6 Å². The summed E-state index contributed by atoms with van der Waals surface area (Å²) in [5, 5.41) is 10.4. The summed E-state index contributed by atoms with van der Waals surface area (Å²) in [7, 11) is 0. The predicted octanol–water partition coefficient (Wildman–Crippen LogP) is 4.35. The predicted molar refractivity (Wildman–Crippen MR) is 69.1 cm³/mol. The Morgan fingerprint density at radius 2 is 2.06 bits per heavy atom. The van der Waals surface area contributed by atoms with Crippen molar-refractivity contribution in [3.8, 4) is 11.3 Å². The van der Waals surface area contributed by atoms with Crippen LogP contribution in [0.3, 0.4) is 0 Å². The first kappa shape index (κ1) is 12.2. The highest BCUT2D eigenvalue weighted by Crippen LogP contribution is 2.29. The number of halogens is 1. The van der Waals surface area contributed by atoms with Gasteiger partial charge in [-0.05, 0) is 37.1 Å². The molecule has 1 unspecified atom stereocenters. The minimum absolute atomic E-state index is 0.537. The second kappa shape index (κ2) is 4.94. The SMILES string of the molecule is CCC(O)c1ccc(-c2ccc(C)c(Cl)c2)o1. The van der Waals surface area contributed by atoms with Gasteiger partial charge in [-0.3, -0.25) is 0 Å². The van der Waals surface area contributed by atoms with Crippen LogP contribution in [-0.4, -0.2) is 5.11 Å². The lowest BCUT2D eigenvalue weighted by molar-refractivity contribution is 0.147. The van der Waals surface area contributed by atoms with Gasteiger partial charge in [-0.15, -0.1) is 0 Å². The van der Waals surface area contributed by atoms with Crippen molar-refractivity contribution in [3.63, 3.8) is 0 Å². The summed E-state index contributed by atoms with van der Waals surface area (Å²) in [5.74, 6) is 1.33. The van der Waals surface area contributed by atoms with Crippen LogP contribution < -0.4 is 0 Å². The molecule has 1 aromatic heterocycles. The Balaban J connectivity index is 2.33. The van der Waals surface area contributed by atoms with Gasteiger partial charge in [-0.2, -0.15) is 0 Å². The highest BCUT2D eigenvalue weighted by molar-refractivity contribution is 6.31. The Hall–Kier alpha value is -1.25. The maximum Gasteiger partial charge on any atom is 0.134 e. The van der Waals surface area contributed by atoms with Gasteiger partial charge in [0.1, 0.15) is 17.6 Å². The maximum atomic E-state index is 9.67. The third-order valence-corrected chi connectivity index (χ3v) is 3.21. The van der Waals surface area contributed by atoms with E-state index in [1.165, 1.54) is 0 Å². The zero-order chi connectivity index (χ0) is 12.4. The van der Waals surface area contributed by atoms with E-state index in [1.807, 2.05) is 38.1 Å². The Kier molecular flexibility index (Phi) is 3.55. The molecule has 0 saturated carbocycles. The van der Waals surface area contributed by atoms with Gasteiger partial charge in [0.15, 0.2) is 0 Å².